The molecule has 1 aliphatic heterocycles. The smallest absolute Gasteiger partial charge is 0.129 e. The van der Waals surface area contributed by atoms with E-state index in [2.05, 4.69) is 0 Å². The first-order chi connectivity index (χ1) is 7.47. The van der Waals surface area contributed by atoms with Crippen molar-refractivity contribution in [2.75, 3.05) is 7.11 Å². The number of fused-ring (bicyclic) bond motifs is 1. The Morgan fingerprint density at radius 1 is 1.50 bits per heavy atom. The van der Waals surface area contributed by atoms with Crippen molar-refractivity contribution < 1.29 is 14.2 Å². The van der Waals surface area contributed by atoms with E-state index < -0.39 is 6.10 Å². The van der Waals surface area contributed by atoms with Crippen molar-refractivity contribution in [2.45, 2.75) is 30.5 Å². The third kappa shape index (κ3) is 1.70. The van der Waals surface area contributed by atoms with Crippen LogP contribution in [0.2, 0.25) is 0 Å². The van der Waals surface area contributed by atoms with E-state index in [-0.39, 0.29) is 10.6 Å². The third-order valence-corrected chi connectivity index (χ3v) is 4.40. The summed E-state index contributed by atoms with van der Waals surface area (Å²) < 4.78 is 18.6. The molecule has 0 fully saturated rings. The molecule has 0 saturated carbocycles. The number of ether oxygens (including phenoxy) is 1. The average Bonchev–Trinajstić information content (AvgIpc) is 2.24. The van der Waals surface area contributed by atoms with Gasteiger partial charge in [-0.3, -0.25) is 0 Å². The highest BCUT2D eigenvalue weighted by atomic mass is 32.2. The number of aliphatic hydroxyl groups excluding tert-OH is 1. The lowest BCUT2D eigenvalue weighted by atomic mass is 9.93. The Morgan fingerprint density at radius 3 is 2.81 bits per heavy atom. The molecule has 2 nitrogen and oxygen atoms in total. The van der Waals surface area contributed by atoms with Gasteiger partial charge in [-0.15, -0.1) is 11.8 Å². The van der Waals surface area contributed by atoms with Crippen LogP contribution in [0.4, 0.5) is 4.39 Å². The fourth-order valence-electron chi connectivity index (χ4n) is 1.94. The summed E-state index contributed by atoms with van der Waals surface area (Å²) in [4.78, 5) is 0. The minimum atomic E-state index is -0.795. The molecule has 1 atom stereocenters. The van der Waals surface area contributed by atoms with Crippen LogP contribution in [0, 0.1) is 5.82 Å². The highest BCUT2D eigenvalue weighted by Crippen LogP contribution is 2.48. The zero-order chi connectivity index (χ0) is 11.9. The normalized spacial score (nSPS) is 22.7. The zero-order valence-electron chi connectivity index (χ0n) is 9.58. The first kappa shape index (κ1) is 11.7. The largest absolute Gasteiger partial charge is 0.496 e. The Morgan fingerprint density at radius 2 is 2.19 bits per heavy atom. The number of rotatable bonds is 1. The van der Waals surface area contributed by atoms with Gasteiger partial charge in [-0.2, -0.15) is 0 Å². The third-order valence-electron chi connectivity index (χ3n) is 3.00. The van der Waals surface area contributed by atoms with Crippen LogP contribution in [0.5, 0.6) is 5.75 Å². The summed E-state index contributed by atoms with van der Waals surface area (Å²) in [7, 11) is 1.56. The Labute approximate surface area is 98.8 Å². The highest BCUT2D eigenvalue weighted by molar-refractivity contribution is 7.99. The van der Waals surface area contributed by atoms with E-state index in [9.17, 15) is 9.50 Å². The van der Waals surface area contributed by atoms with Crippen molar-refractivity contribution in [3.63, 3.8) is 0 Å². The molecular formula is C12H15FO2S. The van der Waals surface area contributed by atoms with Crippen LogP contribution in [0.25, 0.3) is 0 Å². The summed E-state index contributed by atoms with van der Waals surface area (Å²) >= 11 is 1.61. The number of thioether (sulfide) groups is 1. The molecule has 0 saturated heterocycles. The van der Waals surface area contributed by atoms with E-state index in [4.69, 9.17) is 4.74 Å². The SMILES string of the molecule is COc1ccc(F)c2c1CSC(C)(C)C2O. The van der Waals surface area contributed by atoms with Crippen LogP contribution in [0.3, 0.4) is 0 Å². The lowest BCUT2D eigenvalue weighted by molar-refractivity contribution is 0.136. The van der Waals surface area contributed by atoms with Gasteiger partial charge in [-0.1, -0.05) is 0 Å². The Bertz CT molecular complexity index is 418. The molecule has 0 aromatic heterocycles. The number of halogens is 1. The predicted molar refractivity (Wildman–Crippen MR) is 63.3 cm³/mol. The lowest BCUT2D eigenvalue weighted by Gasteiger charge is -2.36. The van der Waals surface area contributed by atoms with E-state index >= 15 is 0 Å². The summed E-state index contributed by atoms with van der Waals surface area (Å²) in [5.41, 5.74) is 1.17. The number of methoxy groups -OCH3 is 1. The first-order valence-electron chi connectivity index (χ1n) is 5.14. The fourth-order valence-corrected chi connectivity index (χ4v) is 3.03. The molecule has 2 rings (SSSR count). The fraction of sp³-hybridized carbons (Fsp3) is 0.500. The van der Waals surface area contributed by atoms with Gasteiger partial charge in [0, 0.05) is 21.6 Å². The van der Waals surface area contributed by atoms with E-state index in [1.165, 1.54) is 6.07 Å². The number of hydrogen-bond donors (Lipinski definition) is 1. The zero-order valence-corrected chi connectivity index (χ0v) is 10.4. The van der Waals surface area contributed by atoms with Crippen LogP contribution in [0.1, 0.15) is 31.1 Å². The summed E-state index contributed by atoms with van der Waals surface area (Å²) in [6.45, 7) is 3.84. The molecular weight excluding hydrogens is 227 g/mol. The monoisotopic (exact) mass is 242 g/mol. The van der Waals surface area contributed by atoms with Crippen molar-refractivity contribution in [1.29, 1.82) is 0 Å². The second-order valence-electron chi connectivity index (χ2n) is 4.44. The van der Waals surface area contributed by atoms with E-state index in [1.54, 1.807) is 24.9 Å². The summed E-state index contributed by atoms with van der Waals surface area (Å²) in [5, 5.41) is 10.2. The second-order valence-corrected chi connectivity index (χ2v) is 6.07. The van der Waals surface area contributed by atoms with Gasteiger partial charge in [0.15, 0.2) is 0 Å². The average molecular weight is 242 g/mol. The number of aliphatic hydroxyl groups is 1. The molecule has 0 amide bonds. The summed E-state index contributed by atoms with van der Waals surface area (Å²) in [6.07, 6.45) is -0.795. The molecule has 1 aromatic rings. The van der Waals surface area contributed by atoms with E-state index in [0.29, 0.717) is 17.1 Å². The predicted octanol–water partition coefficient (Wildman–Crippen LogP) is 2.89. The van der Waals surface area contributed by atoms with Crippen molar-refractivity contribution in [2.24, 2.45) is 0 Å². The number of hydrogen-bond acceptors (Lipinski definition) is 3. The minimum Gasteiger partial charge on any atom is -0.496 e. The van der Waals surface area contributed by atoms with Gasteiger partial charge in [0.1, 0.15) is 11.6 Å². The maximum atomic E-state index is 13.8. The molecule has 1 unspecified atom stereocenters. The number of benzene rings is 1. The molecule has 16 heavy (non-hydrogen) atoms. The molecule has 88 valence electrons. The lowest BCUT2D eigenvalue weighted by Crippen LogP contribution is -2.31. The van der Waals surface area contributed by atoms with Crippen LogP contribution in [0.15, 0.2) is 12.1 Å². The molecule has 1 aliphatic rings. The van der Waals surface area contributed by atoms with Crippen molar-refractivity contribution in [3.8, 4) is 5.75 Å². The Hall–Kier alpha value is -0.740. The molecule has 1 aromatic carbocycles. The maximum absolute atomic E-state index is 13.8. The highest BCUT2D eigenvalue weighted by Gasteiger charge is 2.38. The minimum absolute atomic E-state index is 0.350. The summed E-state index contributed by atoms with van der Waals surface area (Å²) in [5.74, 6) is 0.968. The van der Waals surface area contributed by atoms with Gasteiger partial charge in [0.25, 0.3) is 0 Å². The first-order valence-corrected chi connectivity index (χ1v) is 6.13. The molecule has 0 aliphatic carbocycles. The molecule has 4 heteroatoms. The maximum Gasteiger partial charge on any atom is 0.129 e. The van der Waals surface area contributed by atoms with E-state index in [0.717, 1.165) is 5.56 Å². The van der Waals surface area contributed by atoms with Gasteiger partial charge >= 0.3 is 0 Å². The molecule has 1 N–H and O–H groups in total. The Balaban J connectivity index is 2.59. The van der Waals surface area contributed by atoms with Crippen LogP contribution in [-0.4, -0.2) is 17.0 Å². The quantitative estimate of drug-likeness (QED) is 0.821. The van der Waals surface area contributed by atoms with Crippen molar-refractivity contribution in [3.05, 3.63) is 29.1 Å². The van der Waals surface area contributed by atoms with Gasteiger partial charge in [-0.25, -0.2) is 4.39 Å². The Kier molecular flexibility index (Phi) is 2.88. The van der Waals surface area contributed by atoms with Crippen LogP contribution >= 0.6 is 11.8 Å². The van der Waals surface area contributed by atoms with Gasteiger partial charge in [-0.05, 0) is 26.0 Å². The molecule has 0 spiro atoms. The van der Waals surface area contributed by atoms with Crippen LogP contribution < -0.4 is 4.74 Å². The van der Waals surface area contributed by atoms with Crippen molar-refractivity contribution >= 4 is 11.8 Å². The molecule has 0 bridgehead atoms. The standard InChI is InChI=1S/C12H15FO2S/c1-12(2)11(14)10-7(6-16-12)9(15-3)5-4-8(10)13/h4-5,11,14H,6H2,1-3H3. The molecule has 1 heterocycles. The summed E-state index contributed by atoms with van der Waals surface area (Å²) in [6, 6.07) is 2.96. The van der Waals surface area contributed by atoms with Gasteiger partial charge in [0.05, 0.1) is 13.2 Å². The van der Waals surface area contributed by atoms with Crippen LogP contribution in [-0.2, 0) is 5.75 Å². The van der Waals surface area contributed by atoms with Gasteiger partial charge in [0.2, 0.25) is 0 Å². The van der Waals surface area contributed by atoms with Crippen molar-refractivity contribution in [1.82, 2.24) is 0 Å². The second kappa shape index (κ2) is 3.93. The van der Waals surface area contributed by atoms with Gasteiger partial charge < -0.3 is 9.84 Å². The molecule has 0 radical (unpaired) electrons. The topological polar surface area (TPSA) is 29.5 Å². The van der Waals surface area contributed by atoms with E-state index in [1.807, 2.05) is 13.8 Å².